The van der Waals surface area contributed by atoms with Crippen molar-refractivity contribution in [2.24, 2.45) is 4.99 Å². The minimum Gasteiger partial charge on any atom is -0.496 e. The zero-order chi connectivity index (χ0) is 20.5. The first-order chi connectivity index (χ1) is 13.5. The molecule has 0 radical (unpaired) electrons. The third-order valence-corrected chi connectivity index (χ3v) is 5.15. The molecule has 1 aromatic carbocycles. The Morgan fingerprint density at radius 3 is 2.68 bits per heavy atom. The lowest BCUT2D eigenvalue weighted by molar-refractivity contribution is 0.0597. The molecule has 0 spiro atoms. The summed E-state index contributed by atoms with van der Waals surface area (Å²) in [5, 5.41) is 16.5. The number of hydrogen-bond acceptors (Lipinski definition) is 6. The van der Waals surface area contributed by atoms with Gasteiger partial charge in [0.1, 0.15) is 17.4 Å². The lowest BCUT2D eigenvalue weighted by atomic mass is 10.1. The highest BCUT2D eigenvalue weighted by Gasteiger charge is 2.14. The van der Waals surface area contributed by atoms with Crippen molar-refractivity contribution in [2.75, 3.05) is 27.3 Å². The number of carbonyl (C=O) groups excluding carboxylic acids is 1. The van der Waals surface area contributed by atoms with Crippen LogP contribution in [-0.4, -0.2) is 44.3 Å². The number of aliphatic hydroxyl groups is 1. The molecule has 28 heavy (non-hydrogen) atoms. The van der Waals surface area contributed by atoms with Gasteiger partial charge in [-0.25, -0.2) is 9.79 Å². The molecule has 1 heterocycles. The van der Waals surface area contributed by atoms with Crippen LogP contribution < -0.4 is 15.4 Å². The molecule has 1 aromatic heterocycles. The monoisotopic (exact) mass is 425 g/mol. The van der Waals surface area contributed by atoms with Gasteiger partial charge in [-0.15, -0.1) is 11.3 Å². The van der Waals surface area contributed by atoms with E-state index in [1.807, 2.05) is 13.0 Å². The highest BCUT2D eigenvalue weighted by atomic mass is 35.5. The van der Waals surface area contributed by atoms with E-state index in [1.165, 1.54) is 25.6 Å². The number of benzene rings is 1. The van der Waals surface area contributed by atoms with Gasteiger partial charge in [0.05, 0.1) is 25.1 Å². The van der Waals surface area contributed by atoms with Gasteiger partial charge >= 0.3 is 5.97 Å². The fourth-order valence-corrected chi connectivity index (χ4v) is 3.48. The summed E-state index contributed by atoms with van der Waals surface area (Å²) in [5.74, 6) is 0.535. The summed E-state index contributed by atoms with van der Waals surface area (Å²) in [6.45, 7) is 3.25. The number of hydrogen-bond donors (Lipinski definition) is 3. The van der Waals surface area contributed by atoms with Crippen LogP contribution in [0.1, 0.15) is 33.8 Å². The molecular weight excluding hydrogens is 402 g/mol. The van der Waals surface area contributed by atoms with Crippen LogP contribution in [0.3, 0.4) is 0 Å². The van der Waals surface area contributed by atoms with E-state index in [-0.39, 0.29) is 0 Å². The summed E-state index contributed by atoms with van der Waals surface area (Å²) in [5.41, 5.74) is 1.17. The maximum Gasteiger partial charge on any atom is 0.341 e. The predicted octanol–water partition coefficient (Wildman–Crippen LogP) is 2.99. The Balaban J connectivity index is 2.06. The van der Waals surface area contributed by atoms with E-state index in [2.05, 4.69) is 15.6 Å². The van der Waals surface area contributed by atoms with Crippen LogP contribution in [0.25, 0.3) is 0 Å². The van der Waals surface area contributed by atoms with Gasteiger partial charge in [0, 0.05) is 18.0 Å². The molecule has 1 atom stereocenters. The first kappa shape index (κ1) is 22.0. The third kappa shape index (κ3) is 6.12. The lowest BCUT2D eigenvalue weighted by Gasteiger charge is -2.14. The quantitative estimate of drug-likeness (QED) is 0.342. The molecular formula is C19H24ClN3O4S. The van der Waals surface area contributed by atoms with Gasteiger partial charge in [-0.1, -0.05) is 17.7 Å². The highest BCUT2D eigenvalue weighted by Crippen LogP contribution is 2.26. The zero-order valence-corrected chi connectivity index (χ0v) is 17.6. The summed E-state index contributed by atoms with van der Waals surface area (Å²) in [4.78, 5) is 17.2. The zero-order valence-electron chi connectivity index (χ0n) is 16.0. The Kier molecular flexibility index (Phi) is 8.56. The van der Waals surface area contributed by atoms with Gasteiger partial charge in [0.25, 0.3) is 0 Å². The number of thiophene rings is 1. The van der Waals surface area contributed by atoms with Crippen molar-refractivity contribution in [2.45, 2.75) is 19.6 Å². The molecule has 1 unspecified atom stereocenters. The van der Waals surface area contributed by atoms with Crippen molar-refractivity contribution in [1.29, 1.82) is 0 Å². The number of nitrogens with zero attached hydrogens (tertiary/aromatic N) is 1. The summed E-state index contributed by atoms with van der Waals surface area (Å²) in [7, 11) is 2.82. The maximum atomic E-state index is 11.9. The largest absolute Gasteiger partial charge is 0.496 e. The first-order valence-electron chi connectivity index (χ1n) is 8.69. The predicted molar refractivity (Wildman–Crippen MR) is 111 cm³/mol. The summed E-state index contributed by atoms with van der Waals surface area (Å²) in [6.07, 6.45) is -0.687. The second-order valence-electron chi connectivity index (χ2n) is 5.76. The van der Waals surface area contributed by atoms with Crippen LogP contribution in [0.15, 0.2) is 35.3 Å². The van der Waals surface area contributed by atoms with Crippen LogP contribution in [0, 0.1) is 0 Å². The summed E-state index contributed by atoms with van der Waals surface area (Å²) >= 11 is 7.25. The number of nitrogens with one attached hydrogen (secondary N) is 2. The second-order valence-corrected chi connectivity index (χ2v) is 7.51. The highest BCUT2D eigenvalue weighted by molar-refractivity contribution is 7.16. The van der Waals surface area contributed by atoms with Crippen molar-refractivity contribution < 1.29 is 19.4 Å². The maximum absolute atomic E-state index is 11.9. The molecule has 2 rings (SSSR count). The fraction of sp³-hybridized carbons (Fsp3) is 0.368. The number of rotatable bonds is 8. The third-order valence-electron chi connectivity index (χ3n) is 3.82. The Morgan fingerprint density at radius 1 is 1.29 bits per heavy atom. The topological polar surface area (TPSA) is 92.2 Å². The van der Waals surface area contributed by atoms with E-state index in [1.54, 1.807) is 24.3 Å². The number of ether oxygens (including phenoxy) is 2. The molecule has 0 aliphatic heterocycles. The van der Waals surface area contributed by atoms with Crippen LogP contribution >= 0.6 is 22.9 Å². The number of carbonyl (C=O) groups is 1. The number of esters is 1. The Morgan fingerprint density at radius 2 is 2.07 bits per heavy atom. The van der Waals surface area contributed by atoms with E-state index in [9.17, 15) is 9.90 Å². The van der Waals surface area contributed by atoms with Crippen molar-refractivity contribution in [3.8, 4) is 5.75 Å². The van der Waals surface area contributed by atoms with Gasteiger partial charge in [-0.05, 0) is 36.8 Å². The molecule has 0 amide bonds. The van der Waals surface area contributed by atoms with E-state index < -0.39 is 12.1 Å². The average molecular weight is 426 g/mol. The van der Waals surface area contributed by atoms with Gasteiger partial charge in [0.2, 0.25) is 0 Å². The second kappa shape index (κ2) is 10.9. The molecule has 0 bridgehead atoms. The molecule has 3 N–H and O–H groups in total. The molecule has 0 saturated carbocycles. The summed E-state index contributed by atoms with van der Waals surface area (Å²) < 4.78 is 10.6. The number of guanidine groups is 1. The van der Waals surface area contributed by atoms with E-state index in [4.69, 9.17) is 21.1 Å². The lowest BCUT2D eigenvalue weighted by Crippen LogP contribution is -2.39. The van der Waals surface area contributed by atoms with E-state index >= 15 is 0 Å². The fourth-order valence-electron chi connectivity index (χ4n) is 2.44. The normalized spacial score (nSPS) is 12.4. The first-order valence-corrected chi connectivity index (χ1v) is 9.88. The Labute approximate surface area is 173 Å². The van der Waals surface area contributed by atoms with Gasteiger partial charge in [0.15, 0.2) is 5.96 Å². The molecule has 0 fully saturated rings. The van der Waals surface area contributed by atoms with Crippen LogP contribution in [0.2, 0.25) is 4.34 Å². The number of aliphatic imine (C=N–C) groups is 1. The standard InChI is InChI=1S/C19H24ClN3O4S/c1-4-21-19(23-11-14(24)16-7-8-17(20)28-16)22-10-12-5-6-15(26-2)13(9-12)18(25)27-3/h5-9,14,24H,4,10-11H2,1-3H3,(H2,21,22,23). The van der Waals surface area contributed by atoms with Gasteiger partial charge in [-0.2, -0.15) is 0 Å². The summed E-state index contributed by atoms with van der Waals surface area (Å²) in [6, 6.07) is 8.80. The minimum atomic E-state index is -0.687. The average Bonchev–Trinajstić information content (AvgIpc) is 3.15. The van der Waals surface area contributed by atoms with E-state index in [0.29, 0.717) is 41.2 Å². The molecule has 7 nitrogen and oxygen atoms in total. The smallest absolute Gasteiger partial charge is 0.341 e. The van der Waals surface area contributed by atoms with E-state index in [0.717, 1.165) is 10.4 Å². The molecule has 0 saturated heterocycles. The number of methoxy groups -OCH3 is 2. The van der Waals surface area contributed by atoms with Crippen LogP contribution in [0.5, 0.6) is 5.75 Å². The Bertz CT molecular complexity index is 825. The number of halogens is 1. The van der Waals surface area contributed by atoms with Crippen molar-refractivity contribution in [1.82, 2.24) is 10.6 Å². The molecule has 0 aliphatic rings. The van der Waals surface area contributed by atoms with Gasteiger partial charge in [-0.3, -0.25) is 0 Å². The molecule has 9 heteroatoms. The molecule has 0 aliphatic carbocycles. The van der Waals surface area contributed by atoms with Crippen molar-refractivity contribution in [3.63, 3.8) is 0 Å². The van der Waals surface area contributed by atoms with Crippen LogP contribution in [0.4, 0.5) is 0 Å². The van der Waals surface area contributed by atoms with Crippen molar-refractivity contribution in [3.05, 3.63) is 50.7 Å². The van der Waals surface area contributed by atoms with Gasteiger partial charge < -0.3 is 25.2 Å². The number of aliphatic hydroxyl groups excluding tert-OH is 1. The van der Waals surface area contributed by atoms with Crippen LogP contribution in [-0.2, 0) is 11.3 Å². The minimum absolute atomic E-state index is 0.290. The molecule has 2 aromatic rings. The van der Waals surface area contributed by atoms with Crippen molar-refractivity contribution >= 4 is 34.9 Å². The SMILES string of the molecule is CCNC(=NCc1ccc(OC)c(C(=O)OC)c1)NCC(O)c1ccc(Cl)s1. The molecule has 152 valence electrons. The Hall–Kier alpha value is -2.29.